The van der Waals surface area contributed by atoms with Gasteiger partial charge in [0.15, 0.2) is 0 Å². The lowest BCUT2D eigenvalue weighted by molar-refractivity contribution is 0.477. The number of anilines is 1. The third-order valence-corrected chi connectivity index (χ3v) is 3.97. The van der Waals surface area contributed by atoms with Crippen LogP contribution in [0.4, 0.5) is 5.82 Å². The summed E-state index contributed by atoms with van der Waals surface area (Å²) in [6, 6.07) is 18.4. The van der Waals surface area contributed by atoms with Crippen LogP contribution < -0.4 is 5.73 Å². The average molecular weight is 366 g/mol. The molecule has 0 aliphatic rings. The Morgan fingerprint density at radius 3 is 2.52 bits per heavy atom. The molecular formula is C18H12BrN3O. The maximum Gasteiger partial charge on any atom is 0.142 e. The fourth-order valence-electron chi connectivity index (χ4n) is 2.39. The van der Waals surface area contributed by atoms with Crippen LogP contribution in [0.1, 0.15) is 5.56 Å². The van der Waals surface area contributed by atoms with Crippen molar-refractivity contribution in [1.29, 1.82) is 5.26 Å². The number of nitrogen functional groups attached to an aromatic ring is 1. The number of hydrogen-bond acceptors (Lipinski definition) is 4. The van der Waals surface area contributed by atoms with Gasteiger partial charge in [0.2, 0.25) is 0 Å². The molecule has 0 saturated carbocycles. The first kappa shape index (κ1) is 15.1. The van der Waals surface area contributed by atoms with E-state index in [9.17, 15) is 10.4 Å². The molecule has 1 heterocycles. The monoisotopic (exact) mass is 365 g/mol. The number of benzene rings is 2. The molecule has 112 valence electrons. The maximum atomic E-state index is 10.0. The Hall–Kier alpha value is -2.84. The van der Waals surface area contributed by atoms with Gasteiger partial charge in [0.1, 0.15) is 23.2 Å². The Morgan fingerprint density at radius 1 is 1.04 bits per heavy atom. The van der Waals surface area contributed by atoms with Gasteiger partial charge in [0, 0.05) is 15.6 Å². The van der Waals surface area contributed by atoms with Crippen LogP contribution in [0.3, 0.4) is 0 Å². The molecule has 1 aromatic heterocycles. The normalized spacial score (nSPS) is 10.3. The average Bonchev–Trinajstić information content (AvgIpc) is 2.54. The van der Waals surface area contributed by atoms with Crippen LogP contribution in [-0.4, -0.2) is 10.1 Å². The van der Waals surface area contributed by atoms with Crippen molar-refractivity contribution in [2.24, 2.45) is 0 Å². The summed E-state index contributed by atoms with van der Waals surface area (Å²) in [7, 11) is 0. The second-order valence-electron chi connectivity index (χ2n) is 4.95. The zero-order chi connectivity index (χ0) is 16.4. The second kappa shape index (κ2) is 6.11. The summed E-state index contributed by atoms with van der Waals surface area (Å²) in [6.07, 6.45) is 0. The van der Waals surface area contributed by atoms with Crippen molar-refractivity contribution in [3.8, 4) is 34.2 Å². The molecule has 0 bridgehead atoms. The molecule has 4 nitrogen and oxygen atoms in total. The van der Waals surface area contributed by atoms with E-state index in [1.165, 1.54) is 0 Å². The molecule has 0 radical (unpaired) electrons. The highest BCUT2D eigenvalue weighted by Gasteiger charge is 2.15. The Morgan fingerprint density at radius 2 is 1.83 bits per heavy atom. The predicted molar refractivity (Wildman–Crippen MR) is 93.6 cm³/mol. The first-order valence-corrected chi connectivity index (χ1v) is 7.64. The van der Waals surface area contributed by atoms with Crippen LogP contribution in [0.15, 0.2) is 59.1 Å². The van der Waals surface area contributed by atoms with E-state index in [-0.39, 0.29) is 11.6 Å². The SMILES string of the molecule is N#Cc1c(-c2cccc(Br)c2)cc(-c2ccccc2O)nc1N. The molecule has 0 aliphatic heterocycles. The number of nitrogens with two attached hydrogens (primary N) is 1. The summed E-state index contributed by atoms with van der Waals surface area (Å²) in [5, 5.41) is 19.4. The third kappa shape index (κ3) is 2.89. The van der Waals surface area contributed by atoms with Gasteiger partial charge in [0.25, 0.3) is 0 Å². The number of phenols is 1. The zero-order valence-electron chi connectivity index (χ0n) is 12.0. The van der Waals surface area contributed by atoms with Crippen molar-refractivity contribution in [3.05, 3.63) is 64.6 Å². The number of phenolic OH excluding ortho intramolecular Hbond substituents is 1. The first-order chi connectivity index (χ1) is 11.1. The molecule has 0 amide bonds. The Labute approximate surface area is 142 Å². The number of nitriles is 1. The summed E-state index contributed by atoms with van der Waals surface area (Å²) in [5.41, 5.74) is 8.91. The molecule has 5 heteroatoms. The lowest BCUT2D eigenvalue weighted by Crippen LogP contribution is -1.99. The number of aromatic hydroxyl groups is 1. The highest BCUT2D eigenvalue weighted by atomic mass is 79.9. The topological polar surface area (TPSA) is 82.9 Å². The summed E-state index contributed by atoms with van der Waals surface area (Å²) in [5.74, 6) is 0.257. The quantitative estimate of drug-likeness (QED) is 0.707. The fraction of sp³-hybridized carbons (Fsp3) is 0. The van der Waals surface area contributed by atoms with Crippen LogP contribution in [0, 0.1) is 11.3 Å². The second-order valence-corrected chi connectivity index (χ2v) is 5.87. The van der Waals surface area contributed by atoms with Gasteiger partial charge < -0.3 is 10.8 Å². The van der Waals surface area contributed by atoms with Gasteiger partial charge in [-0.2, -0.15) is 5.26 Å². The number of hydrogen-bond donors (Lipinski definition) is 2. The molecule has 0 saturated heterocycles. The lowest BCUT2D eigenvalue weighted by atomic mass is 9.98. The Bertz CT molecular complexity index is 932. The van der Waals surface area contributed by atoms with E-state index >= 15 is 0 Å². The van der Waals surface area contributed by atoms with Crippen molar-refractivity contribution in [2.45, 2.75) is 0 Å². The third-order valence-electron chi connectivity index (χ3n) is 3.47. The van der Waals surface area contributed by atoms with Gasteiger partial charge in [-0.3, -0.25) is 0 Å². The van der Waals surface area contributed by atoms with Gasteiger partial charge in [0.05, 0.1) is 5.69 Å². The largest absolute Gasteiger partial charge is 0.507 e. The van der Waals surface area contributed by atoms with E-state index in [1.807, 2.05) is 30.3 Å². The number of para-hydroxylation sites is 1. The smallest absolute Gasteiger partial charge is 0.142 e. The molecule has 3 aromatic rings. The zero-order valence-corrected chi connectivity index (χ0v) is 13.6. The van der Waals surface area contributed by atoms with Crippen molar-refractivity contribution < 1.29 is 5.11 Å². The summed E-state index contributed by atoms with van der Waals surface area (Å²) in [4.78, 5) is 4.27. The molecule has 0 fully saturated rings. The lowest BCUT2D eigenvalue weighted by Gasteiger charge is -2.11. The standard InChI is InChI=1S/C18H12BrN3O/c19-12-5-3-4-11(8-12)14-9-16(22-18(21)15(14)10-20)13-6-1-2-7-17(13)23/h1-9,23H,(H2,21,22). The fourth-order valence-corrected chi connectivity index (χ4v) is 2.79. The number of halogens is 1. The predicted octanol–water partition coefficient (Wildman–Crippen LogP) is 4.34. The molecule has 3 N–H and O–H groups in total. The number of aromatic nitrogens is 1. The molecule has 3 rings (SSSR count). The van der Waals surface area contributed by atoms with Crippen molar-refractivity contribution in [1.82, 2.24) is 4.98 Å². The summed E-state index contributed by atoms with van der Waals surface area (Å²) >= 11 is 3.43. The van der Waals surface area contributed by atoms with Gasteiger partial charge in [-0.25, -0.2) is 4.98 Å². The molecule has 0 unspecified atom stereocenters. The van der Waals surface area contributed by atoms with Crippen molar-refractivity contribution in [2.75, 3.05) is 5.73 Å². The summed E-state index contributed by atoms with van der Waals surface area (Å²) in [6.45, 7) is 0. The first-order valence-electron chi connectivity index (χ1n) is 6.85. The van der Waals surface area contributed by atoms with E-state index in [1.54, 1.807) is 24.3 Å². The molecule has 0 atom stereocenters. The van der Waals surface area contributed by atoms with Gasteiger partial charge in [-0.05, 0) is 35.9 Å². The van der Waals surface area contributed by atoms with Crippen LogP contribution >= 0.6 is 15.9 Å². The highest BCUT2D eigenvalue weighted by Crippen LogP contribution is 2.34. The van der Waals surface area contributed by atoms with Crippen molar-refractivity contribution >= 4 is 21.7 Å². The maximum absolute atomic E-state index is 10.0. The van der Waals surface area contributed by atoms with E-state index < -0.39 is 0 Å². The van der Waals surface area contributed by atoms with E-state index in [0.717, 1.165) is 10.0 Å². The number of pyridine rings is 1. The Balaban J connectivity index is 2.27. The van der Waals surface area contributed by atoms with Crippen molar-refractivity contribution in [3.63, 3.8) is 0 Å². The van der Waals surface area contributed by atoms with Crippen LogP contribution in [-0.2, 0) is 0 Å². The molecule has 0 aliphatic carbocycles. The number of rotatable bonds is 2. The number of nitrogens with zero attached hydrogens (tertiary/aromatic N) is 2. The highest BCUT2D eigenvalue weighted by molar-refractivity contribution is 9.10. The van der Waals surface area contributed by atoms with E-state index in [0.29, 0.717) is 22.4 Å². The summed E-state index contributed by atoms with van der Waals surface area (Å²) < 4.78 is 0.901. The van der Waals surface area contributed by atoms with Gasteiger partial charge in [-0.15, -0.1) is 0 Å². The molecule has 0 spiro atoms. The van der Waals surface area contributed by atoms with Crippen LogP contribution in [0.2, 0.25) is 0 Å². The minimum atomic E-state index is 0.115. The Kier molecular flexibility index (Phi) is 4.00. The van der Waals surface area contributed by atoms with E-state index in [4.69, 9.17) is 5.73 Å². The van der Waals surface area contributed by atoms with Gasteiger partial charge in [-0.1, -0.05) is 40.2 Å². The van der Waals surface area contributed by atoms with Crippen LogP contribution in [0.5, 0.6) is 5.75 Å². The van der Waals surface area contributed by atoms with E-state index in [2.05, 4.69) is 27.0 Å². The molecule has 2 aromatic carbocycles. The minimum absolute atomic E-state index is 0.115. The molecular weight excluding hydrogens is 354 g/mol. The molecule has 23 heavy (non-hydrogen) atoms. The minimum Gasteiger partial charge on any atom is -0.507 e. The van der Waals surface area contributed by atoms with Gasteiger partial charge >= 0.3 is 0 Å². The van der Waals surface area contributed by atoms with Crippen LogP contribution in [0.25, 0.3) is 22.4 Å².